The summed E-state index contributed by atoms with van der Waals surface area (Å²) in [6.45, 7) is 0. The Kier molecular flexibility index (Phi) is 8.67. The van der Waals surface area contributed by atoms with Crippen molar-refractivity contribution in [1.82, 2.24) is 15.5 Å². The summed E-state index contributed by atoms with van der Waals surface area (Å²) in [6.07, 6.45) is 1.20. The first-order chi connectivity index (χ1) is 14.6. The van der Waals surface area contributed by atoms with Gasteiger partial charge in [-0.25, -0.2) is 0 Å². The summed E-state index contributed by atoms with van der Waals surface area (Å²) in [6, 6.07) is 5.17. The Morgan fingerprint density at radius 1 is 1.19 bits per heavy atom. The number of rotatable bonds is 10. The van der Waals surface area contributed by atoms with Crippen molar-refractivity contribution in [3.05, 3.63) is 58.5 Å². The van der Waals surface area contributed by atoms with Crippen LogP contribution in [-0.2, 0) is 17.6 Å². The number of hydrogen-bond donors (Lipinski definition) is 4. The standard InChI is InChI=1S/C19H23F3N6O2S/c20-19(21,22)30-14-6-3-4-12(10-14)11-16(29)26-15(24)9-8-13(23)5-1-2-7-17-27-28-18(25)31-17/h3-4,6,8-10H,1-2,5,7,11,23-24H2,(H2,25,28)(H,26,29)/b13-8-,15-9+. The van der Waals surface area contributed by atoms with E-state index in [4.69, 9.17) is 17.2 Å². The molecular weight excluding hydrogens is 433 g/mol. The molecule has 1 aromatic heterocycles. The average Bonchev–Trinajstić information content (AvgIpc) is 3.07. The maximum absolute atomic E-state index is 12.3. The number of hydrogen-bond acceptors (Lipinski definition) is 8. The molecule has 0 radical (unpaired) electrons. The van der Waals surface area contributed by atoms with Gasteiger partial charge in [0, 0.05) is 12.1 Å². The van der Waals surface area contributed by atoms with Crippen molar-refractivity contribution in [3.63, 3.8) is 0 Å². The Labute approximate surface area is 181 Å². The third kappa shape index (κ3) is 9.85. The van der Waals surface area contributed by atoms with Gasteiger partial charge >= 0.3 is 6.36 Å². The number of ether oxygens (including phenoxy) is 1. The Hall–Kier alpha value is -3.28. The van der Waals surface area contributed by atoms with Crippen LogP contribution in [0.4, 0.5) is 18.3 Å². The molecule has 0 saturated carbocycles. The highest BCUT2D eigenvalue weighted by Crippen LogP contribution is 2.23. The molecule has 0 saturated heterocycles. The van der Waals surface area contributed by atoms with Gasteiger partial charge in [-0.3, -0.25) is 4.79 Å². The fourth-order valence-corrected chi connectivity index (χ4v) is 3.19. The van der Waals surface area contributed by atoms with E-state index in [0.717, 1.165) is 36.4 Å². The van der Waals surface area contributed by atoms with Crippen LogP contribution in [0.1, 0.15) is 29.8 Å². The molecule has 0 spiro atoms. The SMILES string of the molecule is N/C(=C\C=C(/N)NC(=O)Cc1cccc(OC(F)(F)F)c1)CCCCc1nnc(N)s1. The van der Waals surface area contributed by atoms with Crippen LogP contribution < -0.4 is 27.3 Å². The van der Waals surface area contributed by atoms with Crippen molar-refractivity contribution in [1.29, 1.82) is 0 Å². The van der Waals surface area contributed by atoms with Crippen LogP contribution in [0.5, 0.6) is 5.75 Å². The zero-order valence-corrected chi connectivity index (χ0v) is 17.3. The molecule has 1 aromatic carbocycles. The average molecular weight is 456 g/mol. The number of unbranched alkanes of at least 4 members (excludes halogenated alkanes) is 1. The van der Waals surface area contributed by atoms with E-state index in [2.05, 4.69) is 20.3 Å². The van der Waals surface area contributed by atoms with Crippen molar-refractivity contribution >= 4 is 22.4 Å². The third-order valence-electron chi connectivity index (χ3n) is 3.85. The number of aromatic nitrogens is 2. The first kappa shape index (κ1) is 24.0. The van der Waals surface area contributed by atoms with E-state index < -0.39 is 18.0 Å². The van der Waals surface area contributed by atoms with Crippen LogP contribution in [-0.4, -0.2) is 22.5 Å². The summed E-state index contributed by atoms with van der Waals surface area (Å²) < 4.78 is 40.7. The molecule has 0 aliphatic carbocycles. The fourth-order valence-electron chi connectivity index (χ4n) is 2.54. The van der Waals surface area contributed by atoms with Crippen molar-refractivity contribution in [2.45, 2.75) is 38.5 Å². The van der Waals surface area contributed by atoms with Crippen molar-refractivity contribution in [2.75, 3.05) is 5.73 Å². The van der Waals surface area contributed by atoms with Gasteiger partial charge in [-0.1, -0.05) is 23.5 Å². The lowest BCUT2D eigenvalue weighted by Gasteiger charge is -2.10. The minimum atomic E-state index is -4.80. The number of benzene rings is 1. The van der Waals surface area contributed by atoms with Gasteiger partial charge in [0.1, 0.15) is 16.6 Å². The number of carbonyl (C=O) groups is 1. The Morgan fingerprint density at radius 2 is 1.97 bits per heavy atom. The summed E-state index contributed by atoms with van der Waals surface area (Å²) >= 11 is 1.36. The summed E-state index contributed by atoms with van der Waals surface area (Å²) in [4.78, 5) is 12.0. The number of carbonyl (C=O) groups excluding carboxylic acids is 1. The normalized spacial score (nSPS) is 12.6. The second-order valence-electron chi connectivity index (χ2n) is 6.52. The number of nitrogens with zero attached hydrogens (tertiary/aromatic N) is 2. The molecule has 0 unspecified atom stereocenters. The zero-order valence-electron chi connectivity index (χ0n) is 16.5. The minimum Gasteiger partial charge on any atom is -0.406 e. The molecule has 0 aliphatic heterocycles. The zero-order chi connectivity index (χ0) is 22.9. The molecule has 31 heavy (non-hydrogen) atoms. The highest BCUT2D eigenvalue weighted by molar-refractivity contribution is 7.15. The predicted molar refractivity (Wildman–Crippen MR) is 111 cm³/mol. The number of nitrogens with one attached hydrogen (secondary N) is 1. The maximum Gasteiger partial charge on any atom is 0.573 e. The number of alkyl halides is 3. The van der Waals surface area contributed by atoms with E-state index in [0.29, 0.717) is 22.8 Å². The molecule has 2 aromatic rings. The van der Waals surface area contributed by atoms with E-state index in [1.807, 2.05) is 0 Å². The molecule has 12 heteroatoms. The topological polar surface area (TPSA) is 142 Å². The number of halogens is 3. The number of amides is 1. The van der Waals surface area contributed by atoms with Crippen molar-refractivity contribution < 1.29 is 22.7 Å². The molecular formula is C19H23F3N6O2S. The monoisotopic (exact) mass is 456 g/mol. The Bertz CT molecular complexity index is 943. The smallest absolute Gasteiger partial charge is 0.406 e. The molecule has 168 valence electrons. The van der Waals surface area contributed by atoms with Gasteiger partial charge in [-0.05, 0) is 49.1 Å². The predicted octanol–water partition coefficient (Wildman–Crippen LogP) is 2.73. The Morgan fingerprint density at radius 3 is 2.65 bits per heavy atom. The second-order valence-corrected chi connectivity index (χ2v) is 7.62. The van der Waals surface area contributed by atoms with E-state index in [-0.39, 0.29) is 12.2 Å². The largest absolute Gasteiger partial charge is 0.573 e. The first-order valence-electron chi connectivity index (χ1n) is 9.25. The number of nitrogens with two attached hydrogens (primary N) is 3. The van der Waals surface area contributed by atoms with Gasteiger partial charge in [0.15, 0.2) is 0 Å². The summed E-state index contributed by atoms with van der Waals surface area (Å²) in [5, 5.41) is 11.5. The van der Waals surface area contributed by atoms with E-state index >= 15 is 0 Å². The maximum atomic E-state index is 12.3. The lowest BCUT2D eigenvalue weighted by molar-refractivity contribution is -0.274. The second kappa shape index (κ2) is 11.2. The highest BCUT2D eigenvalue weighted by atomic mass is 32.1. The molecule has 0 bridgehead atoms. The summed E-state index contributed by atoms with van der Waals surface area (Å²) in [7, 11) is 0. The molecule has 2 rings (SSSR count). The van der Waals surface area contributed by atoms with Gasteiger partial charge in [0.25, 0.3) is 0 Å². The molecule has 8 nitrogen and oxygen atoms in total. The van der Waals surface area contributed by atoms with Gasteiger partial charge in [-0.15, -0.1) is 23.4 Å². The third-order valence-corrected chi connectivity index (χ3v) is 4.66. The molecule has 1 heterocycles. The van der Waals surface area contributed by atoms with Gasteiger partial charge < -0.3 is 27.3 Å². The van der Waals surface area contributed by atoms with Crippen LogP contribution in [0.2, 0.25) is 0 Å². The van der Waals surface area contributed by atoms with Crippen LogP contribution in [0.15, 0.2) is 47.9 Å². The fraction of sp³-hybridized carbons (Fsp3) is 0.316. The minimum absolute atomic E-state index is 0.0694. The number of allylic oxidation sites excluding steroid dienone is 3. The summed E-state index contributed by atoms with van der Waals surface area (Å²) in [5.41, 5.74) is 18.1. The molecule has 0 atom stereocenters. The molecule has 7 N–H and O–H groups in total. The molecule has 0 aliphatic rings. The van der Waals surface area contributed by atoms with Crippen LogP contribution in [0.3, 0.4) is 0 Å². The van der Waals surface area contributed by atoms with E-state index in [1.165, 1.54) is 29.5 Å². The quantitative estimate of drug-likeness (QED) is 0.318. The van der Waals surface area contributed by atoms with Gasteiger partial charge in [0.2, 0.25) is 11.0 Å². The first-order valence-corrected chi connectivity index (χ1v) is 10.1. The number of anilines is 1. The lowest BCUT2D eigenvalue weighted by Crippen LogP contribution is -2.28. The summed E-state index contributed by atoms with van der Waals surface area (Å²) in [5.74, 6) is -0.812. The number of nitrogen functional groups attached to an aromatic ring is 1. The van der Waals surface area contributed by atoms with Gasteiger partial charge in [0.05, 0.1) is 6.42 Å². The van der Waals surface area contributed by atoms with Crippen LogP contribution in [0, 0.1) is 0 Å². The Balaban J connectivity index is 1.76. The highest BCUT2D eigenvalue weighted by Gasteiger charge is 2.31. The lowest BCUT2D eigenvalue weighted by atomic mass is 10.1. The molecule has 1 amide bonds. The van der Waals surface area contributed by atoms with Gasteiger partial charge in [-0.2, -0.15) is 0 Å². The van der Waals surface area contributed by atoms with E-state index in [9.17, 15) is 18.0 Å². The van der Waals surface area contributed by atoms with E-state index in [1.54, 1.807) is 6.08 Å². The van der Waals surface area contributed by atoms with Crippen molar-refractivity contribution in [3.8, 4) is 5.75 Å². The van der Waals surface area contributed by atoms with Crippen LogP contribution >= 0.6 is 11.3 Å². The molecule has 0 fully saturated rings. The van der Waals surface area contributed by atoms with Crippen LogP contribution in [0.25, 0.3) is 0 Å². The number of aryl methyl sites for hydroxylation is 1. The van der Waals surface area contributed by atoms with Crippen molar-refractivity contribution in [2.24, 2.45) is 11.5 Å².